The highest BCUT2D eigenvalue weighted by atomic mass is 16.4. The second-order valence-corrected chi connectivity index (χ2v) is 4.44. The summed E-state index contributed by atoms with van der Waals surface area (Å²) in [6, 6.07) is -0.289. The maximum Gasteiger partial charge on any atom is 0.323 e. The van der Waals surface area contributed by atoms with Gasteiger partial charge in [0.15, 0.2) is 0 Å². The lowest BCUT2D eigenvalue weighted by atomic mass is 10.2. The van der Waals surface area contributed by atoms with Crippen LogP contribution >= 0.6 is 0 Å². The average Bonchev–Trinajstić information content (AvgIpc) is 2.34. The molecule has 0 saturated carbocycles. The zero-order valence-electron chi connectivity index (χ0n) is 11.8. The molecule has 0 aliphatic rings. The maximum absolute atomic E-state index is 12.1. The predicted molar refractivity (Wildman–Crippen MR) is 70.7 cm³/mol. The summed E-state index contributed by atoms with van der Waals surface area (Å²) < 4.78 is 0. The van der Waals surface area contributed by atoms with Crippen LogP contribution in [-0.2, 0) is 4.79 Å². The summed E-state index contributed by atoms with van der Waals surface area (Å²) in [6.45, 7) is 5.01. The van der Waals surface area contributed by atoms with Crippen LogP contribution < -0.4 is 5.32 Å². The van der Waals surface area contributed by atoms with Gasteiger partial charge in [-0.05, 0) is 33.4 Å². The van der Waals surface area contributed by atoms with Gasteiger partial charge >= 0.3 is 12.0 Å². The monoisotopic (exact) mass is 259 g/mol. The Labute approximate surface area is 109 Å². The fourth-order valence-electron chi connectivity index (χ4n) is 1.59. The van der Waals surface area contributed by atoms with Crippen molar-refractivity contribution in [3.05, 3.63) is 0 Å². The highest BCUT2D eigenvalue weighted by molar-refractivity contribution is 5.80. The van der Waals surface area contributed by atoms with Gasteiger partial charge in [-0.2, -0.15) is 0 Å². The summed E-state index contributed by atoms with van der Waals surface area (Å²) in [5.41, 5.74) is 0. The SMILES string of the molecule is CCC(C)N(CC(=O)O)C(=O)N(C)CCCNC. The van der Waals surface area contributed by atoms with Crippen LogP contribution in [-0.4, -0.2) is 66.7 Å². The third-order valence-corrected chi connectivity index (χ3v) is 2.92. The van der Waals surface area contributed by atoms with Gasteiger partial charge in [0.05, 0.1) is 0 Å². The lowest BCUT2D eigenvalue weighted by Gasteiger charge is -2.31. The first kappa shape index (κ1) is 16.7. The molecule has 6 heteroatoms. The maximum atomic E-state index is 12.1. The Morgan fingerprint density at radius 1 is 1.39 bits per heavy atom. The van der Waals surface area contributed by atoms with E-state index in [1.54, 1.807) is 11.9 Å². The molecule has 106 valence electrons. The lowest BCUT2D eigenvalue weighted by molar-refractivity contribution is -0.138. The van der Waals surface area contributed by atoms with E-state index in [1.165, 1.54) is 4.90 Å². The fourth-order valence-corrected chi connectivity index (χ4v) is 1.59. The average molecular weight is 259 g/mol. The van der Waals surface area contributed by atoms with E-state index in [-0.39, 0.29) is 18.6 Å². The Morgan fingerprint density at radius 3 is 2.44 bits per heavy atom. The number of carbonyl (C=O) groups excluding carboxylic acids is 1. The third-order valence-electron chi connectivity index (χ3n) is 2.92. The molecule has 0 spiro atoms. The molecule has 1 unspecified atom stereocenters. The van der Waals surface area contributed by atoms with E-state index in [1.807, 2.05) is 20.9 Å². The summed E-state index contributed by atoms with van der Waals surface area (Å²) in [5, 5.41) is 11.9. The van der Waals surface area contributed by atoms with Gasteiger partial charge in [0.2, 0.25) is 0 Å². The van der Waals surface area contributed by atoms with Crippen LogP contribution in [0.1, 0.15) is 26.7 Å². The molecule has 0 aromatic heterocycles. The van der Waals surface area contributed by atoms with Crippen molar-refractivity contribution in [3.63, 3.8) is 0 Å². The van der Waals surface area contributed by atoms with Crippen molar-refractivity contribution < 1.29 is 14.7 Å². The molecular formula is C12H25N3O3. The second-order valence-electron chi connectivity index (χ2n) is 4.44. The fraction of sp³-hybridized carbons (Fsp3) is 0.833. The van der Waals surface area contributed by atoms with E-state index < -0.39 is 5.97 Å². The number of carboxylic acid groups (broad SMARTS) is 1. The Balaban J connectivity index is 4.48. The number of urea groups is 1. The minimum Gasteiger partial charge on any atom is -0.480 e. The summed E-state index contributed by atoms with van der Waals surface area (Å²) in [4.78, 5) is 25.9. The van der Waals surface area contributed by atoms with Crippen LogP contribution in [0.2, 0.25) is 0 Å². The topological polar surface area (TPSA) is 72.9 Å². The summed E-state index contributed by atoms with van der Waals surface area (Å²) in [6.07, 6.45) is 1.59. The zero-order chi connectivity index (χ0) is 14.1. The first-order valence-electron chi connectivity index (χ1n) is 6.32. The van der Waals surface area contributed by atoms with E-state index in [0.717, 1.165) is 19.4 Å². The highest BCUT2D eigenvalue weighted by Gasteiger charge is 2.24. The van der Waals surface area contributed by atoms with Crippen LogP contribution in [0.25, 0.3) is 0 Å². The molecule has 18 heavy (non-hydrogen) atoms. The van der Waals surface area contributed by atoms with Crippen LogP contribution in [0.4, 0.5) is 4.79 Å². The molecule has 0 aliphatic heterocycles. The van der Waals surface area contributed by atoms with Crippen molar-refractivity contribution in [3.8, 4) is 0 Å². The predicted octanol–water partition coefficient (Wildman–Crippen LogP) is 0.833. The molecule has 6 nitrogen and oxygen atoms in total. The largest absolute Gasteiger partial charge is 0.480 e. The number of hydrogen-bond acceptors (Lipinski definition) is 3. The van der Waals surface area contributed by atoms with Crippen molar-refractivity contribution in [2.75, 3.05) is 33.7 Å². The van der Waals surface area contributed by atoms with Crippen molar-refractivity contribution in [2.45, 2.75) is 32.7 Å². The molecule has 1 atom stereocenters. The van der Waals surface area contributed by atoms with E-state index in [0.29, 0.717) is 6.54 Å². The van der Waals surface area contributed by atoms with Gasteiger partial charge in [-0.3, -0.25) is 4.79 Å². The standard InChI is InChI=1S/C12H25N3O3/c1-5-10(2)15(9-11(16)17)12(18)14(4)8-6-7-13-3/h10,13H,5-9H2,1-4H3,(H,16,17). The molecule has 0 aliphatic carbocycles. The van der Waals surface area contributed by atoms with Gasteiger partial charge in [0, 0.05) is 19.6 Å². The number of nitrogens with zero attached hydrogens (tertiary/aromatic N) is 2. The van der Waals surface area contributed by atoms with Crippen LogP contribution in [0.15, 0.2) is 0 Å². The molecule has 0 aromatic rings. The Morgan fingerprint density at radius 2 is 2.00 bits per heavy atom. The molecule has 0 bridgehead atoms. The second kappa shape index (κ2) is 8.74. The minimum absolute atomic E-state index is 0.0691. The van der Waals surface area contributed by atoms with Crippen LogP contribution in [0, 0.1) is 0 Å². The van der Waals surface area contributed by atoms with E-state index >= 15 is 0 Å². The van der Waals surface area contributed by atoms with E-state index in [2.05, 4.69) is 5.32 Å². The first-order chi connectivity index (χ1) is 8.43. The Hall–Kier alpha value is -1.30. The summed E-state index contributed by atoms with van der Waals surface area (Å²) in [5.74, 6) is -0.979. The number of carbonyl (C=O) groups is 2. The smallest absolute Gasteiger partial charge is 0.323 e. The summed E-state index contributed by atoms with van der Waals surface area (Å²) >= 11 is 0. The lowest BCUT2D eigenvalue weighted by Crippen LogP contribution is -2.48. The molecule has 2 N–H and O–H groups in total. The minimum atomic E-state index is -0.979. The van der Waals surface area contributed by atoms with Crippen molar-refractivity contribution in [1.82, 2.24) is 15.1 Å². The molecule has 2 amide bonds. The van der Waals surface area contributed by atoms with Crippen LogP contribution in [0.3, 0.4) is 0 Å². The van der Waals surface area contributed by atoms with Gasteiger partial charge in [-0.25, -0.2) is 4.79 Å². The van der Waals surface area contributed by atoms with Gasteiger partial charge in [0.25, 0.3) is 0 Å². The van der Waals surface area contributed by atoms with Gasteiger partial charge in [-0.1, -0.05) is 6.92 Å². The van der Waals surface area contributed by atoms with Gasteiger partial charge in [0.1, 0.15) is 6.54 Å². The zero-order valence-corrected chi connectivity index (χ0v) is 11.8. The number of hydrogen-bond donors (Lipinski definition) is 2. The van der Waals surface area contributed by atoms with Crippen molar-refractivity contribution >= 4 is 12.0 Å². The number of aliphatic carboxylic acids is 1. The first-order valence-corrected chi connectivity index (χ1v) is 6.32. The number of rotatable bonds is 8. The molecule has 0 radical (unpaired) electrons. The van der Waals surface area contributed by atoms with Gasteiger partial charge in [-0.15, -0.1) is 0 Å². The Bertz CT molecular complexity index is 271. The van der Waals surface area contributed by atoms with Crippen molar-refractivity contribution in [1.29, 1.82) is 0 Å². The molecule has 0 rings (SSSR count). The number of nitrogens with one attached hydrogen (secondary N) is 1. The highest BCUT2D eigenvalue weighted by Crippen LogP contribution is 2.07. The number of amides is 2. The summed E-state index contributed by atoms with van der Waals surface area (Å²) in [7, 11) is 3.56. The quantitative estimate of drug-likeness (QED) is 0.633. The molecule has 0 saturated heterocycles. The van der Waals surface area contributed by atoms with E-state index in [9.17, 15) is 9.59 Å². The molecule has 0 heterocycles. The normalized spacial score (nSPS) is 12.0. The molecular weight excluding hydrogens is 234 g/mol. The number of carboxylic acids is 1. The van der Waals surface area contributed by atoms with Gasteiger partial charge < -0.3 is 20.2 Å². The van der Waals surface area contributed by atoms with Crippen molar-refractivity contribution in [2.24, 2.45) is 0 Å². The van der Waals surface area contributed by atoms with E-state index in [4.69, 9.17) is 5.11 Å². The Kier molecular flexibility index (Phi) is 8.11. The molecule has 0 fully saturated rings. The third kappa shape index (κ3) is 5.86. The van der Waals surface area contributed by atoms with Crippen LogP contribution in [0.5, 0.6) is 0 Å². The molecule has 0 aromatic carbocycles.